The number of hydrogen-bond donors (Lipinski definition) is 0. The SMILES string of the molecule is C=Cc1nc(C)n(COCC[Si](C)(C)C)c1C(=O)CC(C)C=C. The van der Waals surface area contributed by atoms with Crippen molar-refractivity contribution in [3.05, 3.63) is 36.4 Å². The predicted molar refractivity (Wildman–Crippen MR) is 99.5 cm³/mol. The number of carbonyl (C=O) groups excluding carboxylic acids is 1. The maximum atomic E-state index is 12.6. The molecule has 1 heterocycles. The van der Waals surface area contributed by atoms with Crippen molar-refractivity contribution >= 4 is 19.9 Å². The smallest absolute Gasteiger partial charge is 0.182 e. The molecule has 0 aromatic carbocycles. The topological polar surface area (TPSA) is 44.1 Å². The third kappa shape index (κ3) is 5.92. The minimum absolute atomic E-state index is 0.0571. The zero-order valence-electron chi connectivity index (χ0n) is 15.2. The Morgan fingerprint density at radius 3 is 2.57 bits per heavy atom. The number of aryl methyl sites for hydroxylation is 1. The molecule has 4 nitrogen and oxygen atoms in total. The van der Waals surface area contributed by atoms with Gasteiger partial charge in [-0.1, -0.05) is 39.2 Å². The summed E-state index contributed by atoms with van der Waals surface area (Å²) in [6, 6.07) is 1.10. The lowest BCUT2D eigenvalue weighted by atomic mass is 10.0. The number of ketones is 1. The predicted octanol–water partition coefficient (Wildman–Crippen LogP) is 4.54. The van der Waals surface area contributed by atoms with E-state index in [-0.39, 0.29) is 11.7 Å². The third-order valence-corrected chi connectivity index (χ3v) is 5.47. The van der Waals surface area contributed by atoms with Crippen molar-refractivity contribution in [3.63, 3.8) is 0 Å². The van der Waals surface area contributed by atoms with Crippen LogP contribution < -0.4 is 0 Å². The number of carbonyl (C=O) groups is 1. The lowest BCUT2D eigenvalue weighted by molar-refractivity contribution is 0.0786. The first-order valence-electron chi connectivity index (χ1n) is 8.12. The highest BCUT2D eigenvalue weighted by Gasteiger charge is 2.21. The van der Waals surface area contributed by atoms with E-state index in [4.69, 9.17) is 4.74 Å². The van der Waals surface area contributed by atoms with Crippen molar-refractivity contribution in [2.24, 2.45) is 5.92 Å². The van der Waals surface area contributed by atoms with Gasteiger partial charge in [-0.2, -0.15) is 0 Å². The first kappa shape index (κ1) is 19.6. The molecule has 0 aliphatic heterocycles. The molecule has 1 aromatic heterocycles. The van der Waals surface area contributed by atoms with Crippen LogP contribution in [0.25, 0.3) is 6.08 Å². The molecule has 0 fully saturated rings. The summed E-state index contributed by atoms with van der Waals surface area (Å²) >= 11 is 0. The van der Waals surface area contributed by atoms with E-state index in [0.717, 1.165) is 11.9 Å². The van der Waals surface area contributed by atoms with E-state index in [1.165, 1.54) is 0 Å². The molecule has 5 heteroatoms. The zero-order chi connectivity index (χ0) is 17.6. The molecule has 1 atom stereocenters. The Hall–Kier alpha value is -1.46. The van der Waals surface area contributed by atoms with E-state index in [1.54, 1.807) is 12.2 Å². The van der Waals surface area contributed by atoms with Crippen LogP contribution in [0.2, 0.25) is 25.7 Å². The highest BCUT2D eigenvalue weighted by atomic mass is 28.3. The van der Waals surface area contributed by atoms with Crippen LogP contribution in [0.4, 0.5) is 0 Å². The van der Waals surface area contributed by atoms with Crippen molar-refractivity contribution in [1.82, 2.24) is 9.55 Å². The lowest BCUT2D eigenvalue weighted by Crippen LogP contribution is -2.22. The van der Waals surface area contributed by atoms with Gasteiger partial charge in [-0.05, 0) is 25.0 Å². The molecule has 0 aliphatic rings. The van der Waals surface area contributed by atoms with Crippen molar-refractivity contribution in [2.45, 2.75) is 52.7 Å². The summed E-state index contributed by atoms with van der Waals surface area (Å²) in [7, 11) is -1.12. The van der Waals surface area contributed by atoms with Gasteiger partial charge in [-0.25, -0.2) is 4.98 Å². The highest BCUT2D eigenvalue weighted by Crippen LogP contribution is 2.18. The number of nitrogens with zero attached hydrogens (tertiary/aromatic N) is 2. The van der Waals surface area contributed by atoms with Crippen molar-refractivity contribution < 1.29 is 9.53 Å². The summed E-state index contributed by atoms with van der Waals surface area (Å²) in [5.74, 6) is 0.973. The quantitative estimate of drug-likeness (QED) is 0.273. The van der Waals surface area contributed by atoms with Crippen LogP contribution in [-0.4, -0.2) is 30.0 Å². The van der Waals surface area contributed by atoms with Crippen LogP contribution in [0, 0.1) is 12.8 Å². The first-order valence-corrected chi connectivity index (χ1v) is 11.8. The molecule has 1 unspecified atom stereocenters. The number of Topliss-reactive ketones (excluding diaryl/α,β-unsaturated/α-hetero) is 1. The summed E-state index contributed by atoms with van der Waals surface area (Å²) in [6.07, 6.45) is 3.85. The van der Waals surface area contributed by atoms with Gasteiger partial charge >= 0.3 is 0 Å². The molecule has 23 heavy (non-hydrogen) atoms. The van der Waals surface area contributed by atoms with Crippen molar-refractivity contribution in [1.29, 1.82) is 0 Å². The second kappa shape index (κ2) is 8.41. The summed E-state index contributed by atoms with van der Waals surface area (Å²) < 4.78 is 7.67. The van der Waals surface area contributed by atoms with Gasteiger partial charge in [-0.3, -0.25) is 4.79 Å². The highest BCUT2D eigenvalue weighted by molar-refractivity contribution is 6.76. The van der Waals surface area contributed by atoms with E-state index in [1.807, 2.05) is 18.4 Å². The average Bonchev–Trinajstić information content (AvgIpc) is 2.78. The standard InChI is InChI=1S/C18H30N2O2Si/c1-8-14(3)12-17(21)18-16(9-2)19-15(4)20(18)13-22-10-11-23(5,6)7/h8-9,14H,1-2,10-13H2,3-7H3. The summed E-state index contributed by atoms with van der Waals surface area (Å²) in [5, 5.41) is 0. The largest absolute Gasteiger partial charge is 0.361 e. The van der Waals surface area contributed by atoms with Gasteiger partial charge < -0.3 is 9.30 Å². The van der Waals surface area contributed by atoms with Gasteiger partial charge in [0.25, 0.3) is 0 Å². The van der Waals surface area contributed by atoms with Crippen LogP contribution in [0.1, 0.15) is 35.4 Å². The molecule has 0 saturated carbocycles. The maximum Gasteiger partial charge on any atom is 0.182 e. The second-order valence-corrected chi connectivity index (χ2v) is 12.8. The Morgan fingerprint density at radius 1 is 1.39 bits per heavy atom. The normalized spacial score (nSPS) is 12.9. The molecule has 0 N–H and O–H groups in total. The van der Waals surface area contributed by atoms with E-state index < -0.39 is 8.07 Å². The fraction of sp³-hybridized carbons (Fsp3) is 0.556. The van der Waals surface area contributed by atoms with Gasteiger partial charge in [-0.15, -0.1) is 6.58 Å². The third-order valence-electron chi connectivity index (χ3n) is 3.77. The number of aromatic nitrogens is 2. The van der Waals surface area contributed by atoms with Gasteiger partial charge in [0.05, 0.1) is 5.69 Å². The zero-order valence-corrected chi connectivity index (χ0v) is 16.2. The van der Waals surface area contributed by atoms with Gasteiger partial charge in [0.2, 0.25) is 0 Å². The van der Waals surface area contributed by atoms with Gasteiger partial charge in [0.1, 0.15) is 18.2 Å². The molecule has 0 spiro atoms. The number of allylic oxidation sites excluding steroid dienone is 1. The van der Waals surface area contributed by atoms with Crippen LogP contribution in [-0.2, 0) is 11.5 Å². The maximum absolute atomic E-state index is 12.6. The Labute approximate surface area is 141 Å². The number of ether oxygens (including phenoxy) is 1. The number of imidazole rings is 1. The molecule has 1 rings (SSSR count). The molecule has 0 bridgehead atoms. The lowest BCUT2D eigenvalue weighted by Gasteiger charge is -2.17. The van der Waals surface area contributed by atoms with Crippen molar-refractivity contribution in [3.8, 4) is 0 Å². The van der Waals surface area contributed by atoms with Crippen LogP contribution >= 0.6 is 0 Å². The van der Waals surface area contributed by atoms with E-state index in [2.05, 4.69) is 37.8 Å². The Kier molecular flexibility index (Phi) is 7.16. The van der Waals surface area contributed by atoms with E-state index in [9.17, 15) is 4.79 Å². The van der Waals surface area contributed by atoms with Crippen LogP contribution in [0.15, 0.2) is 19.2 Å². The molecule has 128 valence electrons. The van der Waals surface area contributed by atoms with Gasteiger partial charge in [0, 0.05) is 21.1 Å². The van der Waals surface area contributed by atoms with Crippen molar-refractivity contribution in [2.75, 3.05) is 6.61 Å². The molecular weight excluding hydrogens is 304 g/mol. The summed E-state index contributed by atoms with van der Waals surface area (Å²) in [6.45, 7) is 19.4. The van der Waals surface area contributed by atoms with E-state index in [0.29, 0.717) is 31.1 Å². The number of rotatable bonds is 10. The Balaban J connectivity index is 2.89. The van der Waals surface area contributed by atoms with Crippen LogP contribution in [0.3, 0.4) is 0 Å². The molecule has 0 amide bonds. The Bertz CT molecular complexity index is 570. The Morgan fingerprint density at radius 2 is 2.04 bits per heavy atom. The summed E-state index contributed by atoms with van der Waals surface area (Å²) in [5.41, 5.74) is 1.23. The summed E-state index contributed by atoms with van der Waals surface area (Å²) in [4.78, 5) is 17.1. The minimum atomic E-state index is -1.12. The molecular formula is C18H30N2O2Si. The van der Waals surface area contributed by atoms with Crippen LogP contribution in [0.5, 0.6) is 0 Å². The molecule has 0 radical (unpaired) electrons. The monoisotopic (exact) mass is 334 g/mol. The number of hydrogen-bond acceptors (Lipinski definition) is 3. The minimum Gasteiger partial charge on any atom is -0.361 e. The fourth-order valence-corrected chi connectivity index (χ4v) is 2.94. The molecule has 0 saturated heterocycles. The first-order chi connectivity index (χ1) is 10.7. The van der Waals surface area contributed by atoms with E-state index >= 15 is 0 Å². The average molecular weight is 335 g/mol. The second-order valence-electron chi connectivity index (χ2n) is 7.21. The molecule has 1 aromatic rings. The molecule has 0 aliphatic carbocycles. The van der Waals surface area contributed by atoms with Gasteiger partial charge in [0.15, 0.2) is 5.78 Å². The fourth-order valence-electron chi connectivity index (χ4n) is 2.19.